The van der Waals surface area contributed by atoms with Crippen molar-refractivity contribution in [3.05, 3.63) is 42.1 Å². The van der Waals surface area contributed by atoms with Gasteiger partial charge in [-0.15, -0.1) is 0 Å². The summed E-state index contributed by atoms with van der Waals surface area (Å²) in [5.74, 6) is 0.892. The Morgan fingerprint density at radius 3 is 2.63 bits per heavy atom. The predicted molar refractivity (Wildman–Crippen MR) is 121 cm³/mol. The van der Waals surface area contributed by atoms with E-state index in [0.717, 1.165) is 60.0 Å². The number of nitrogen functional groups attached to an aromatic ring is 1. The Morgan fingerprint density at radius 1 is 1.10 bits per heavy atom. The number of anilines is 2. The molecule has 1 saturated heterocycles. The highest BCUT2D eigenvalue weighted by Gasteiger charge is 2.30. The Morgan fingerprint density at radius 2 is 1.87 bits per heavy atom. The van der Waals surface area contributed by atoms with Gasteiger partial charge in [0.1, 0.15) is 6.17 Å². The summed E-state index contributed by atoms with van der Waals surface area (Å²) in [7, 11) is 1.94. The van der Waals surface area contributed by atoms with Gasteiger partial charge in [0.25, 0.3) is 0 Å². The van der Waals surface area contributed by atoms with Crippen molar-refractivity contribution >= 4 is 29.6 Å². The molecule has 8 nitrogen and oxygen atoms in total. The molecule has 0 radical (unpaired) electrons. The number of nitrogens with zero attached hydrogens (tertiary/aromatic N) is 6. The number of dihydropyridines is 1. The lowest BCUT2D eigenvalue weighted by Crippen LogP contribution is -2.40. The Kier molecular flexibility index (Phi) is 4.71. The van der Waals surface area contributed by atoms with Crippen LogP contribution in [0.4, 0.5) is 11.6 Å². The van der Waals surface area contributed by atoms with Crippen LogP contribution in [-0.2, 0) is 0 Å². The maximum atomic E-state index is 6.07. The Balaban J connectivity index is 1.55. The highest BCUT2D eigenvalue weighted by Crippen LogP contribution is 2.33. The van der Waals surface area contributed by atoms with Gasteiger partial charge in [0.15, 0.2) is 0 Å². The molecular formula is C22H26N8. The van der Waals surface area contributed by atoms with Crippen LogP contribution in [0.3, 0.4) is 0 Å². The minimum atomic E-state index is 0.0338. The second-order valence-electron chi connectivity index (χ2n) is 8.11. The van der Waals surface area contributed by atoms with Gasteiger partial charge in [-0.1, -0.05) is 18.2 Å². The molecule has 0 saturated carbocycles. The summed E-state index contributed by atoms with van der Waals surface area (Å²) < 4.78 is 0. The zero-order chi connectivity index (χ0) is 20.7. The number of hydrogen-bond acceptors (Lipinski definition) is 8. The summed E-state index contributed by atoms with van der Waals surface area (Å²) in [5.41, 5.74) is 16.6. The Bertz CT molecular complexity index is 1020. The van der Waals surface area contributed by atoms with Crippen LogP contribution in [0.2, 0.25) is 0 Å². The first-order chi connectivity index (χ1) is 14.6. The number of hydrazone groups is 1. The fourth-order valence-corrected chi connectivity index (χ4v) is 4.16. The maximum Gasteiger partial charge on any atom is 0.225 e. The average Bonchev–Trinajstić information content (AvgIpc) is 3.14. The van der Waals surface area contributed by atoms with Gasteiger partial charge in [-0.2, -0.15) is 5.10 Å². The number of nitrogens with two attached hydrogens (primary N) is 2. The molecule has 1 aromatic heterocycles. The van der Waals surface area contributed by atoms with E-state index < -0.39 is 0 Å². The standard InChI is InChI=1S/C22H26N8/c1-29-21-16(12-27-29)10-15(11-25-21)19-13-26-22(30-8-6-18(24)7-9-30)28-20(19)14-2-4-17(23)5-3-14/h2-5,10-13,16,18,21H,6-9,23-24H2,1H3. The zero-order valence-electron chi connectivity index (χ0n) is 17.0. The first kappa shape index (κ1) is 18.7. The van der Waals surface area contributed by atoms with E-state index in [9.17, 15) is 0 Å². The number of rotatable bonds is 3. The first-order valence-corrected chi connectivity index (χ1v) is 10.3. The minimum Gasteiger partial charge on any atom is -0.399 e. The fourth-order valence-electron chi connectivity index (χ4n) is 4.16. The van der Waals surface area contributed by atoms with Gasteiger partial charge in [0, 0.05) is 67.2 Å². The maximum absolute atomic E-state index is 6.07. The van der Waals surface area contributed by atoms with E-state index >= 15 is 0 Å². The lowest BCUT2D eigenvalue weighted by molar-refractivity contribution is 0.271. The normalized spacial score (nSPS) is 23.6. The van der Waals surface area contributed by atoms with Crippen LogP contribution in [0.15, 0.2) is 46.6 Å². The number of aromatic nitrogens is 2. The van der Waals surface area contributed by atoms with Crippen molar-refractivity contribution in [2.24, 2.45) is 21.7 Å². The van der Waals surface area contributed by atoms with Crippen molar-refractivity contribution in [2.45, 2.75) is 25.0 Å². The van der Waals surface area contributed by atoms with E-state index in [1.54, 1.807) is 0 Å². The third kappa shape index (κ3) is 3.43. The number of hydrogen-bond donors (Lipinski definition) is 2. The molecule has 0 spiro atoms. The number of piperidine rings is 1. The predicted octanol–water partition coefficient (Wildman–Crippen LogP) is 1.99. The number of benzene rings is 1. The van der Waals surface area contributed by atoms with E-state index in [-0.39, 0.29) is 18.1 Å². The van der Waals surface area contributed by atoms with Crippen molar-refractivity contribution in [1.82, 2.24) is 15.0 Å². The molecule has 0 aliphatic carbocycles. The highest BCUT2D eigenvalue weighted by molar-refractivity contribution is 6.13. The van der Waals surface area contributed by atoms with Crippen LogP contribution in [0, 0.1) is 5.92 Å². The smallest absolute Gasteiger partial charge is 0.225 e. The molecule has 2 aromatic rings. The topological polar surface area (TPSA) is 109 Å². The molecular weight excluding hydrogens is 376 g/mol. The van der Waals surface area contributed by atoms with Crippen molar-refractivity contribution in [2.75, 3.05) is 30.8 Å². The van der Waals surface area contributed by atoms with Crippen molar-refractivity contribution in [1.29, 1.82) is 0 Å². The Labute approximate surface area is 176 Å². The molecule has 2 unspecified atom stereocenters. The fraction of sp³-hybridized carbons (Fsp3) is 0.364. The van der Waals surface area contributed by atoms with E-state index in [4.69, 9.17) is 26.4 Å². The van der Waals surface area contributed by atoms with Crippen molar-refractivity contribution in [3.8, 4) is 11.3 Å². The van der Waals surface area contributed by atoms with Gasteiger partial charge in [0.05, 0.1) is 11.6 Å². The van der Waals surface area contributed by atoms with Gasteiger partial charge < -0.3 is 16.4 Å². The van der Waals surface area contributed by atoms with Gasteiger partial charge in [-0.25, -0.2) is 9.97 Å². The van der Waals surface area contributed by atoms with Crippen LogP contribution in [0.1, 0.15) is 18.4 Å². The van der Waals surface area contributed by atoms with E-state index in [2.05, 4.69) is 16.1 Å². The second-order valence-corrected chi connectivity index (χ2v) is 8.11. The van der Waals surface area contributed by atoms with Crippen LogP contribution >= 0.6 is 0 Å². The molecule has 4 heterocycles. The molecule has 3 aliphatic heterocycles. The summed E-state index contributed by atoms with van der Waals surface area (Å²) in [6, 6.07) is 8.08. The van der Waals surface area contributed by atoms with Gasteiger partial charge in [0.2, 0.25) is 5.95 Å². The molecule has 1 aromatic carbocycles. The molecule has 1 fully saturated rings. The van der Waals surface area contributed by atoms with Crippen molar-refractivity contribution < 1.29 is 0 Å². The second kappa shape index (κ2) is 7.53. The Hall–Kier alpha value is -3.26. The molecule has 3 aliphatic rings. The molecule has 0 amide bonds. The van der Waals surface area contributed by atoms with Crippen LogP contribution in [0.5, 0.6) is 0 Å². The first-order valence-electron chi connectivity index (χ1n) is 10.3. The number of aliphatic imine (C=N–C) groups is 1. The van der Waals surface area contributed by atoms with Gasteiger partial charge >= 0.3 is 0 Å². The van der Waals surface area contributed by atoms with Crippen LogP contribution in [-0.4, -0.2) is 59.8 Å². The van der Waals surface area contributed by atoms with Crippen molar-refractivity contribution in [3.63, 3.8) is 0 Å². The number of fused-ring (bicyclic) bond motifs is 1. The van der Waals surface area contributed by atoms with E-state index in [1.165, 1.54) is 0 Å². The van der Waals surface area contributed by atoms with E-state index in [1.807, 2.05) is 54.9 Å². The van der Waals surface area contributed by atoms with Crippen LogP contribution in [0.25, 0.3) is 16.8 Å². The minimum absolute atomic E-state index is 0.0338. The number of allylic oxidation sites excluding steroid dienone is 1. The molecule has 5 rings (SSSR count). The van der Waals surface area contributed by atoms with Crippen LogP contribution < -0.4 is 16.4 Å². The third-order valence-electron chi connectivity index (χ3n) is 5.98. The summed E-state index contributed by atoms with van der Waals surface area (Å²) in [5, 5.41) is 6.25. The third-order valence-corrected chi connectivity index (χ3v) is 5.98. The highest BCUT2D eigenvalue weighted by atomic mass is 15.5. The summed E-state index contributed by atoms with van der Waals surface area (Å²) in [4.78, 5) is 16.6. The quantitative estimate of drug-likeness (QED) is 0.760. The summed E-state index contributed by atoms with van der Waals surface area (Å²) in [6.07, 6.45) is 9.90. The van der Waals surface area contributed by atoms with Gasteiger partial charge in [-0.05, 0) is 25.0 Å². The lowest BCUT2D eigenvalue weighted by atomic mass is 9.95. The SMILES string of the molecule is CN1N=CC2C=C(c3cnc(N4CCC(N)CC4)nc3-c3ccc(N)cc3)C=NC21. The zero-order valence-corrected chi connectivity index (χ0v) is 17.0. The van der Waals surface area contributed by atoms with E-state index in [0.29, 0.717) is 0 Å². The lowest BCUT2D eigenvalue weighted by Gasteiger charge is -2.30. The molecule has 30 heavy (non-hydrogen) atoms. The monoisotopic (exact) mass is 402 g/mol. The molecule has 0 bridgehead atoms. The van der Waals surface area contributed by atoms with Gasteiger partial charge in [-0.3, -0.25) is 10.0 Å². The summed E-state index contributed by atoms with van der Waals surface area (Å²) >= 11 is 0. The molecule has 8 heteroatoms. The largest absolute Gasteiger partial charge is 0.399 e. The molecule has 154 valence electrons. The molecule has 4 N–H and O–H groups in total. The summed E-state index contributed by atoms with van der Waals surface area (Å²) in [6.45, 7) is 1.75. The average molecular weight is 403 g/mol. The molecule has 2 atom stereocenters.